The summed E-state index contributed by atoms with van der Waals surface area (Å²) in [6.07, 6.45) is 3.49. The SMILES string of the molecule is COC(=O)c1ccc(N2CCN(c3cnc4c(-c5ccc(C#N)cc5)cccc4c3Br)CC2)nc1. The van der Waals surface area contributed by atoms with Gasteiger partial charge in [0.15, 0.2) is 0 Å². The smallest absolute Gasteiger partial charge is 0.339 e. The molecule has 0 spiro atoms. The van der Waals surface area contributed by atoms with Crippen LogP contribution in [0.15, 0.2) is 71.5 Å². The Hall–Kier alpha value is -3.96. The molecule has 4 aromatic rings. The van der Waals surface area contributed by atoms with Crippen molar-refractivity contribution >= 4 is 44.3 Å². The number of methoxy groups -OCH3 is 1. The van der Waals surface area contributed by atoms with E-state index in [4.69, 9.17) is 15.0 Å². The Balaban J connectivity index is 1.36. The second-order valence-corrected chi connectivity index (χ2v) is 9.01. The molecule has 2 aromatic heterocycles. The van der Waals surface area contributed by atoms with E-state index < -0.39 is 0 Å². The van der Waals surface area contributed by atoms with E-state index in [0.29, 0.717) is 11.1 Å². The van der Waals surface area contributed by atoms with E-state index in [1.807, 2.05) is 42.6 Å². The summed E-state index contributed by atoms with van der Waals surface area (Å²) in [7, 11) is 1.36. The molecule has 7 nitrogen and oxygen atoms in total. The summed E-state index contributed by atoms with van der Waals surface area (Å²) in [6.45, 7) is 3.25. The van der Waals surface area contributed by atoms with E-state index in [2.05, 4.69) is 48.9 Å². The van der Waals surface area contributed by atoms with Crippen molar-refractivity contribution in [2.75, 3.05) is 43.1 Å². The minimum atomic E-state index is -0.384. The number of piperazine rings is 1. The number of hydrogen-bond acceptors (Lipinski definition) is 7. The van der Waals surface area contributed by atoms with E-state index in [0.717, 1.165) is 64.2 Å². The van der Waals surface area contributed by atoms with Crippen molar-refractivity contribution in [3.63, 3.8) is 0 Å². The van der Waals surface area contributed by atoms with Gasteiger partial charge in [-0.3, -0.25) is 4.98 Å². The molecule has 0 atom stereocenters. The molecule has 5 rings (SSSR count). The summed E-state index contributed by atoms with van der Waals surface area (Å²) in [5.74, 6) is 0.463. The van der Waals surface area contributed by atoms with Gasteiger partial charge in [-0.2, -0.15) is 5.26 Å². The molecule has 0 bridgehead atoms. The average molecular weight is 528 g/mol. The predicted molar refractivity (Wildman–Crippen MR) is 140 cm³/mol. The molecule has 0 aliphatic carbocycles. The fourth-order valence-electron chi connectivity index (χ4n) is 4.35. The average Bonchev–Trinajstić information content (AvgIpc) is 2.93. The summed E-state index contributed by atoms with van der Waals surface area (Å²) >= 11 is 3.84. The Morgan fingerprint density at radius 2 is 1.71 bits per heavy atom. The lowest BCUT2D eigenvalue weighted by atomic mass is 10.0. The number of nitrogens with zero attached hydrogens (tertiary/aromatic N) is 5. The predicted octanol–water partition coefficient (Wildman–Crippen LogP) is 5.04. The van der Waals surface area contributed by atoms with E-state index >= 15 is 0 Å². The van der Waals surface area contributed by atoms with Crippen LogP contribution in [0.5, 0.6) is 0 Å². The molecule has 0 radical (unpaired) electrons. The Morgan fingerprint density at radius 1 is 0.971 bits per heavy atom. The topological polar surface area (TPSA) is 82.4 Å². The van der Waals surface area contributed by atoms with Gasteiger partial charge in [0.25, 0.3) is 0 Å². The van der Waals surface area contributed by atoms with E-state index in [1.165, 1.54) is 7.11 Å². The fourth-order valence-corrected chi connectivity index (χ4v) is 5.02. The third-order valence-electron chi connectivity index (χ3n) is 6.25. The number of rotatable bonds is 4. The zero-order valence-corrected chi connectivity index (χ0v) is 20.7. The maximum Gasteiger partial charge on any atom is 0.339 e. The maximum atomic E-state index is 11.6. The zero-order chi connectivity index (χ0) is 24.4. The van der Waals surface area contributed by atoms with Gasteiger partial charge in [-0.05, 0) is 45.8 Å². The minimum Gasteiger partial charge on any atom is -0.465 e. The molecular weight excluding hydrogens is 506 g/mol. The monoisotopic (exact) mass is 527 g/mol. The number of carbonyl (C=O) groups excluding carboxylic acids is 1. The zero-order valence-electron chi connectivity index (χ0n) is 19.1. The van der Waals surface area contributed by atoms with Gasteiger partial charge in [0.05, 0.1) is 46.2 Å². The first kappa shape index (κ1) is 22.8. The van der Waals surface area contributed by atoms with Crippen LogP contribution >= 0.6 is 15.9 Å². The van der Waals surface area contributed by atoms with Crippen LogP contribution in [-0.4, -0.2) is 49.2 Å². The number of esters is 1. The highest BCUT2D eigenvalue weighted by atomic mass is 79.9. The third-order valence-corrected chi connectivity index (χ3v) is 7.09. The van der Waals surface area contributed by atoms with Gasteiger partial charge in [-0.15, -0.1) is 0 Å². The molecule has 174 valence electrons. The largest absolute Gasteiger partial charge is 0.465 e. The number of para-hydroxylation sites is 1. The number of halogens is 1. The first-order valence-electron chi connectivity index (χ1n) is 11.2. The fraction of sp³-hybridized carbons (Fsp3) is 0.185. The molecule has 0 saturated carbocycles. The van der Waals surface area contributed by atoms with Gasteiger partial charge >= 0.3 is 5.97 Å². The summed E-state index contributed by atoms with van der Waals surface area (Å²) in [6, 6.07) is 19.5. The van der Waals surface area contributed by atoms with Crippen LogP contribution in [0, 0.1) is 11.3 Å². The van der Waals surface area contributed by atoms with Crippen LogP contribution in [-0.2, 0) is 4.74 Å². The number of ether oxygens (including phenoxy) is 1. The number of fused-ring (bicyclic) bond motifs is 1. The Kier molecular flexibility index (Phi) is 6.34. The number of carbonyl (C=O) groups is 1. The van der Waals surface area contributed by atoms with Crippen molar-refractivity contribution in [3.8, 4) is 17.2 Å². The summed E-state index contributed by atoms with van der Waals surface area (Å²) < 4.78 is 5.77. The maximum absolute atomic E-state index is 11.6. The van der Waals surface area contributed by atoms with E-state index in [-0.39, 0.29) is 5.97 Å². The lowest BCUT2D eigenvalue weighted by molar-refractivity contribution is 0.0600. The molecule has 1 fully saturated rings. The minimum absolute atomic E-state index is 0.384. The Bertz CT molecular complexity index is 1420. The van der Waals surface area contributed by atoms with Crippen molar-refractivity contribution in [2.45, 2.75) is 0 Å². The first-order chi connectivity index (χ1) is 17.1. The first-order valence-corrected chi connectivity index (χ1v) is 12.0. The van der Waals surface area contributed by atoms with Crippen molar-refractivity contribution < 1.29 is 9.53 Å². The van der Waals surface area contributed by atoms with Crippen molar-refractivity contribution in [1.82, 2.24) is 9.97 Å². The molecule has 2 aromatic carbocycles. The Morgan fingerprint density at radius 3 is 2.37 bits per heavy atom. The molecular formula is C27H22BrN5O2. The van der Waals surface area contributed by atoms with Crippen LogP contribution in [0.4, 0.5) is 11.5 Å². The number of hydrogen-bond donors (Lipinski definition) is 0. The standard InChI is InChI=1S/C27H22BrN5O2/c1-35-27(34)20-9-10-24(30-16-20)33-13-11-32(12-14-33)23-17-31-26-21(3-2-4-22(26)25(23)28)19-7-5-18(15-29)6-8-19/h2-10,16-17H,11-14H2,1H3. The Labute approximate surface area is 211 Å². The number of benzene rings is 2. The molecule has 8 heteroatoms. The van der Waals surface area contributed by atoms with Crippen LogP contribution in [0.3, 0.4) is 0 Å². The summed E-state index contributed by atoms with van der Waals surface area (Å²) in [5.41, 5.74) is 5.12. The van der Waals surface area contributed by atoms with E-state index in [1.54, 1.807) is 12.3 Å². The van der Waals surface area contributed by atoms with Gasteiger partial charge in [0.1, 0.15) is 5.82 Å². The number of pyridine rings is 2. The molecule has 3 heterocycles. The highest BCUT2D eigenvalue weighted by Crippen LogP contribution is 2.37. The van der Waals surface area contributed by atoms with Gasteiger partial charge in [-0.1, -0.05) is 30.3 Å². The highest BCUT2D eigenvalue weighted by Gasteiger charge is 2.22. The van der Waals surface area contributed by atoms with Gasteiger partial charge in [0, 0.05) is 43.3 Å². The molecule has 1 aliphatic heterocycles. The van der Waals surface area contributed by atoms with Crippen molar-refractivity contribution in [2.24, 2.45) is 0 Å². The number of nitriles is 1. The lowest BCUT2D eigenvalue weighted by Gasteiger charge is -2.37. The molecule has 0 N–H and O–H groups in total. The van der Waals surface area contributed by atoms with Crippen molar-refractivity contribution in [1.29, 1.82) is 5.26 Å². The van der Waals surface area contributed by atoms with Crippen LogP contribution in [0.25, 0.3) is 22.0 Å². The summed E-state index contributed by atoms with van der Waals surface area (Å²) in [4.78, 5) is 25.5. The van der Waals surface area contributed by atoms with E-state index in [9.17, 15) is 4.79 Å². The summed E-state index contributed by atoms with van der Waals surface area (Å²) in [5, 5.41) is 10.1. The molecule has 1 saturated heterocycles. The molecule has 0 unspecified atom stereocenters. The van der Waals surface area contributed by atoms with Crippen LogP contribution in [0.2, 0.25) is 0 Å². The second-order valence-electron chi connectivity index (χ2n) is 8.22. The number of aromatic nitrogens is 2. The highest BCUT2D eigenvalue weighted by molar-refractivity contribution is 9.10. The van der Waals surface area contributed by atoms with Crippen molar-refractivity contribution in [3.05, 3.63) is 82.6 Å². The van der Waals surface area contributed by atoms with Crippen LogP contribution in [0.1, 0.15) is 15.9 Å². The second kappa shape index (κ2) is 9.72. The molecule has 35 heavy (non-hydrogen) atoms. The van der Waals surface area contributed by atoms with Gasteiger partial charge < -0.3 is 14.5 Å². The normalized spacial score (nSPS) is 13.5. The van der Waals surface area contributed by atoms with Gasteiger partial charge in [0.2, 0.25) is 0 Å². The lowest BCUT2D eigenvalue weighted by Crippen LogP contribution is -2.47. The molecule has 0 amide bonds. The quantitative estimate of drug-likeness (QED) is 0.343. The number of anilines is 2. The van der Waals surface area contributed by atoms with Crippen LogP contribution < -0.4 is 9.80 Å². The third kappa shape index (κ3) is 4.43. The molecule has 1 aliphatic rings. The van der Waals surface area contributed by atoms with Gasteiger partial charge in [-0.25, -0.2) is 9.78 Å².